The minimum absolute atomic E-state index is 0.0863. The van der Waals surface area contributed by atoms with Crippen molar-refractivity contribution in [2.45, 2.75) is 25.7 Å². The molecule has 2 aromatic rings. The molecule has 0 saturated heterocycles. The normalized spacial score (nSPS) is 13.5. The summed E-state index contributed by atoms with van der Waals surface area (Å²) in [5, 5.41) is 4.03. The monoisotopic (exact) mass is 269 g/mol. The standard InChI is InChI=1S/C13H14F3N3/c1-9-6-18-19(7-9)8-12(17)10-4-2-3-5-11(10)13(14,15)16/h2-7,12H,8,17H2,1H3. The van der Waals surface area contributed by atoms with Gasteiger partial charge in [-0.15, -0.1) is 0 Å². The molecule has 0 amide bonds. The molecule has 6 heteroatoms. The summed E-state index contributed by atoms with van der Waals surface area (Å²) in [5.74, 6) is 0. The molecule has 1 unspecified atom stereocenters. The highest BCUT2D eigenvalue weighted by atomic mass is 19.4. The zero-order valence-electron chi connectivity index (χ0n) is 10.4. The first-order chi connectivity index (χ1) is 8.88. The maximum Gasteiger partial charge on any atom is 0.416 e. The molecule has 0 fully saturated rings. The predicted octanol–water partition coefficient (Wildman–Crippen LogP) is 2.91. The molecule has 0 radical (unpaired) electrons. The van der Waals surface area contributed by atoms with Gasteiger partial charge in [-0.2, -0.15) is 18.3 Å². The Balaban J connectivity index is 2.26. The lowest BCUT2D eigenvalue weighted by atomic mass is 10.0. The molecular weight excluding hydrogens is 255 g/mol. The SMILES string of the molecule is Cc1cnn(CC(N)c2ccccc2C(F)(F)F)c1. The van der Waals surface area contributed by atoms with Gasteiger partial charge in [0, 0.05) is 12.2 Å². The largest absolute Gasteiger partial charge is 0.416 e. The zero-order valence-corrected chi connectivity index (χ0v) is 10.4. The topological polar surface area (TPSA) is 43.8 Å². The Morgan fingerprint density at radius 2 is 2.00 bits per heavy atom. The van der Waals surface area contributed by atoms with Gasteiger partial charge in [0.1, 0.15) is 0 Å². The Morgan fingerprint density at radius 3 is 2.58 bits per heavy atom. The summed E-state index contributed by atoms with van der Waals surface area (Å²) in [4.78, 5) is 0. The predicted molar refractivity (Wildman–Crippen MR) is 65.3 cm³/mol. The quantitative estimate of drug-likeness (QED) is 0.931. The van der Waals surface area contributed by atoms with E-state index in [0.29, 0.717) is 0 Å². The van der Waals surface area contributed by atoms with Gasteiger partial charge < -0.3 is 5.73 Å². The van der Waals surface area contributed by atoms with Gasteiger partial charge in [-0.25, -0.2) is 0 Å². The van der Waals surface area contributed by atoms with Crippen LogP contribution in [0.1, 0.15) is 22.7 Å². The van der Waals surface area contributed by atoms with Crippen molar-refractivity contribution < 1.29 is 13.2 Å². The smallest absolute Gasteiger partial charge is 0.322 e. The molecule has 1 atom stereocenters. The molecule has 1 aromatic carbocycles. The van der Waals surface area contributed by atoms with Crippen LogP contribution in [0.2, 0.25) is 0 Å². The van der Waals surface area contributed by atoms with Crippen molar-refractivity contribution in [2.24, 2.45) is 5.73 Å². The zero-order chi connectivity index (χ0) is 14.0. The fourth-order valence-electron chi connectivity index (χ4n) is 1.95. The summed E-state index contributed by atoms with van der Waals surface area (Å²) in [6, 6.07) is 4.61. The summed E-state index contributed by atoms with van der Waals surface area (Å²) in [7, 11) is 0. The Labute approximate surface area is 108 Å². The number of alkyl halides is 3. The van der Waals surface area contributed by atoms with Crippen LogP contribution in [-0.2, 0) is 12.7 Å². The van der Waals surface area contributed by atoms with Crippen molar-refractivity contribution in [1.29, 1.82) is 0 Å². The van der Waals surface area contributed by atoms with E-state index in [9.17, 15) is 13.2 Å². The van der Waals surface area contributed by atoms with Gasteiger partial charge in [-0.05, 0) is 24.1 Å². The van der Waals surface area contributed by atoms with Gasteiger partial charge in [0.05, 0.1) is 18.3 Å². The second kappa shape index (κ2) is 5.05. The van der Waals surface area contributed by atoms with Crippen LogP contribution < -0.4 is 5.73 Å². The van der Waals surface area contributed by atoms with E-state index in [-0.39, 0.29) is 12.1 Å². The summed E-state index contributed by atoms with van der Waals surface area (Å²) in [6.45, 7) is 2.07. The minimum Gasteiger partial charge on any atom is -0.322 e. The molecule has 0 aliphatic rings. The fourth-order valence-corrected chi connectivity index (χ4v) is 1.95. The second-order valence-electron chi connectivity index (χ2n) is 4.43. The maximum atomic E-state index is 12.9. The van der Waals surface area contributed by atoms with E-state index in [1.54, 1.807) is 23.1 Å². The molecule has 0 saturated carbocycles. The Morgan fingerprint density at radius 1 is 1.32 bits per heavy atom. The van der Waals surface area contributed by atoms with Crippen LogP contribution in [0.3, 0.4) is 0 Å². The lowest BCUT2D eigenvalue weighted by Crippen LogP contribution is -2.22. The lowest BCUT2D eigenvalue weighted by molar-refractivity contribution is -0.138. The van der Waals surface area contributed by atoms with Crippen LogP contribution >= 0.6 is 0 Å². The highest BCUT2D eigenvalue weighted by molar-refractivity contribution is 5.32. The van der Waals surface area contributed by atoms with Crippen LogP contribution in [0, 0.1) is 6.92 Å². The second-order valence-corrected chi connectivity index (χ2v) is 4.43. The van der Waals surface area contributed by atoms with E-state index in [0.717, 1.165) is 11.6 Å². The van der Waals surface area contributed by atoms with Gasteiger partial charge in [0.25, 0.3) is 0 Å². The summed E-state index contributed by atoms with van der Waals surface area (Å²) >= 11 is 0. The molecule has 0 bridgehead atoms. The average Bonchev–Trinajstić information content (AvgIpc) is 2.73. The molecule has 19 heavy (non-hydrogen) atoms. The number of nitrogens with zero attached hydrogens (tertiary/aromatic N) is 2. The van der Waals surface area contributed by atoms with E-state index in [4.69, 9.17) is 5.73 Å². The number of hydrogen-bond donors (Lipinski definition) is 1. The van der Waals surface area contributed by atoms with E-state index < -0.39 is 17.8 Å². The van der Waals surface area contributed by atoms with E-state index in [1.807, 2.05) is 6.92 Å². The first kappa shape index (κ1) is 13.6. The van der Waals surface area contributed by atoms with Crippen molar-refractivity contribution in [3.63, 3.8) is 0 Å². The third kappa shape index (κ3) is 3.14. The minimum atomic E-state index is -4.39. The molecule has 0 aliphatic heterocycles. The number of nitrogens with two attached hydrogens (primary N) is 1. The molecular formula is C13H14F3N3. The van der Waals surface area contributed by atoms with Gasteiger partial charge in [0.2, 0.25) is 0 Å². The first-order valence-electron chi connectivity index (χ1n) is 5.78. The molecule has 102 valence electrons. The highest BCUT2D eigenvalue weighted by Crippen LogP contribution is 2.34. The van der Waals surface area contributed by atoms with Crippen molar-refractivity contribution in [1.82, 2.24) is 9.78 Å². The third-order valence-corrected chi connectivity index (χ3v) is 2.81. The molecule has 2 rings (SSSR count). The van der Waals surface area contributed by atoms with Crippen molar-refractivity contribution in [3.05, 3.63) is 53.3 Å². The summed E-state index contributed by atoms with van der Waals surface area (Å²) < 4.78 is 40.2. The number of halogens is 3. The number of aryl methyl sites for hydroxylation is 1. The summed E-state index contributed by atoms with van der Waals surface area (Å²) in [5.41, 5.74) is 6.21. The van der Waals surface area contributed by atoms with Gasteiger partial charge in [0.15, 0.2) is 0 Å². The van der Waals surface area contributed by atoms with Gasteiger partial charge >= 0.3 is 6.18 Å². The van der Waals surface area contributed by atoms with E-state index >= 15 is 0 Å². The van der Waals surface area contributed by atoms with Crippen LogP contribution in [0.25, 0.3) is 0 Å². The molecule has 1 heterocycles. The summed E-state index contributed by atoms with van der Waals surface area (Å²) in [6.07, 6.45) is -1.01. The van der Waals surface area contributed by atoms with Crippen LogP contribution in [0.4, 0.5) is 13.2 Å². The molecule has 3 nitrogen and oxygen atoms in total. The van der Waals surface area contributed by atoms with Crippen molar-refractivity contribution in [2.75, 3.05) is 0 Å². The number of aromatic nitrogens is 2. The molecule has 0 spiro atoms. The Bertz CT molecular complexity index is 560. The number of rotatable bonds is 3. The molecule has 0 aliphatic carbocycles. The van der Waals surface area contributed by atoms with Crippen LogP contribution in [0.15, 0.2) is 36.7 Å². The third-order valence-electron chi connectivity index (χ3n) is 2.81. The van der Waals surface area contributed by atoms with Crippen LogP contribution in [-0.4, -0.2) is 9.78 Å². The maximum absolute atomic E-state index is 12.9. The lowest BCUT2D eigenvalue weighted by Gasteiger charge is -2.18. The van der Waals surface area contributed by atoms with E-state index in [1.165, 1.54) is 12.1 Å². The number of hydrogen-bond acceptors (Lipinski definition) is 2. The van der Waals surface area contributed by atoms with E-state index in [2.05, 4.69) is 5.10 Å². The van der Waals surface area contributed by atoms with Gasteiger partial charge in [-0.1, -0.05) is 18.2 Å². The molecule has 1 aromatic heterocycles. The fraction of sp³-hybridized carbons (Fsp3) is 0.308. The highest BCUT2D eigenvalue weighted by Gasteiger charge is 2.34. The Hall–Kier alpha value is -1.82. The average molecular weight is 269 g/mol. The van der Waals surface area contributed by atoms with Crippen molar-refractivity contribution in [3.8, 4) is 0 Å². The number of benzene rings is 1. The van der Waals surface area contributed by atoms with Crippen molar-refractivity contribution >= 4 is 0 Å². The first-order valence-corrected chi connectivity index (χ1v) is 5.78. The molecule has 2 N–H and O–H groups in total. The Kier molecular flexibility index (Phi) is 3.61. The van der Waals surface area contributed by atoms with Gasteiger partial charge in [-0.3, -0.25) is 4.68 Å². The van der Waals surface area contributed by atoms with Crippen LogP contribution in [0.5, 0.6) is 0 Å².